The molecule has 1 atom stereocenters. The van der Waals surface area contributed by atoms with Gasteiger partial charge in [0.15, 0.2) is 11.7 Å². The van der Waals surface area contributed by atoms with Gasteiger partial charge in [0.05, 0.1) is 11.8 Å². The molecule has 2 N–H and O–H groups in total. The topological polar surface area (TPSA) is 105 Å². The molecule has 0 saturated carbocycles. The van der Waals surface area contributed by atoms with Crippen LogP contribution in [0.5, 0.6) is 5.75 Å². The van der Waals surface area contributed by atoms with Gasteiger partial charge in [-0.25, -0.2) is 9.67 Å². The first-order valence-electron chi connectivity index (χ1n) is 12.7. The summed E-state index contributed by atoms with van der Waals surface area (Å²) in [5.74, 6) is -1.83. The van der Waals surface area contributed by atoms with Crippen LogP contribution in [0, 0.1) is 17.2 Å². The van der Waals surface area contributed by atoms with Crippen LogP contribution in [0.2, 0.25) is 0 Å². The minimum atomic E-state index is -4.78. The zero-order chi connectivity index (χ0) is 30.4. The molecule has 0 saturated heterocycles. The summed E-state index contributed by atoms with van der Waals surface area (Å²) < 4.78 is 42.5. The smallest absolute Gasteiger partial charge is 0.406 e. The third kappa shape index (κ3) is 7.22. The summed E-state index contributed by atoms with van der Waals surface area (Å²) in [5.41, 5.74) is 4.05. The van der Waals surface area contributed by atoms with Gasteiger partial charge in [0.2, 0.25) is 5.91 Å². The van der Waals surface area contributed by atoms with Gasteiger partial charge in [-0.3, -0.25) is 4.79 Å². The molecule has 1 amide bonds. The number of carbonyl (C=O) groups excluding carboxylic acids is 1. The molecule has 0 radical (unpaired) electrons. The lowest BCUT2D eigenvalue weighted by Crippen LogP contribution is -2.31. The average Bonchev–Trinajstić information content (AvgIpc) is 3.49. The lowest BCUT2D eigenvalue weighted by atomic mass is 10.0. The number of nitrogens with one attached hydrogen (secondary N) is 2. The lowest BCUT2D eigenvalue weighted by molar-refractivity contribution is -0.274. The number of hydrogen-bond donors (Lipinski definition) is 2. The fraction of sp³-hybridized carbons (Fsp3) is 0.0645. The molecule has 214 valence electrons. The van der Waals surface area contributed by atoms with E-state index in [2.05, 4.69) is 25.5 Å². The molecule has 0 spiro atoms. The zero-order valence-electron chi connectivity index (χ0n) is 22.1. The molecule has 5 rings (SSSR count). The summed E-state index contributed by atoms with van der Waals surface area (Å²) in [5, 5.41) is 19.9. The maximum absolute atomic E-state index is 13.0. The molecule has 1 aromatic heterocycles. The molecular formula is C31H21F3N6O2S. The Morgan fingerprint density at radius 3 is 2.23 bits per heavy atom. The van der Waals surface area contributed by atoms with E-state index in [1.807, 2.05) is 60.7 Å². The lowest BCUT2D eigenvalue weighted by Gasteiger charge is -2.16. The Bertz CT molecular complexity index is 1780. The molecule has 0 aliphatic heterocycles. The van der Waals surface area contributed by atoms with E-state index in [4.69, 9.17) is 12.2 Å². The van der Waals surface area contributed by atoms with Crippen molar-refractivity contribution in [2.24, 2.45) is 5.92 Å². The van der Waals surface area contributed by atoms with E-state index >= 15 is 0 Å². The van der Waals surface area contributed by atoms with Crippen LogP contribution in [-0.2, 0) is 4.79 Å². The minimum absolute atomic E-state index is 0.0627. The Hall–Kier alpha value is -5.54. The average molecular weight is 599 g/mol. The van der Waals surface area contributed by atoms with E-state index in [0.717, 1.165) is 11.1 Å². The van der Waals surface area contributed by atoms with Gasteiger partial charge in [0.1, 0.15) is 17.1 Å². The summed E-state index contributed by atoms with van der Waals surface area (Å²) in [7, 11) is 0. The number of rotatable bonds is 8. The summed E-state index contributed by atoms with van der Waals surface area (Å²) in [6, 6.07) is 30.9. The van der Waals surface area contributed by atoms with Crippen molar-refractivity contribution in [2.75, 3.05) is 10.6 Å². The first-order chi connectivity index (χ1) is 20.7. The molecule has 0 aliphatic rings. The number of amides is 1. The van der Waals surface area contributed by atoms with E-state index < -0.39 is 18.2 Å². The van der Waals surface area contributed by atoms with Gasteiger partial charge in [-0.1, -0.05) is 60.7 Å². The Morgan fingerprint density at radius 1 is 0.884 bits per heavy atom. The SMILES string of the molecule is N#CC(C(=O)Nc1ccc(-c2ncn(-c3ccc(OC(F)(F)F)cc3)n2)cc1)C(=S)Nc1ccccc1-c1ccccc1. The number of alkyl halides is 3. The van der Waals surface area contributed by atoms with Crippen molar-refractivity contribution in [3.63, 3.8) is 0 Å². The highest BCUT2D eigenvalue weighted by Crippen LogP contribution is 2.28. The Morgan fingerprint density at radius 2 is 1.56 bits per heavy atom. The van der Waals surface area contributed by atoms with Gasteiger partial charge in [0, 0.05) is 22.5 Å². The van der Waals surface area contributed by atoms with Gasteiger partial charge < -0.3 is 15.4 Å². The number of halogens is 3. The Labute approximate surface area is 249 Å². The highest BCUT2D eigenvalue weighted by Gasteiger charge is 2.31. The van der Waals surface area contributed by atoms with Crippen LogP contribution in [0.15, 0.2) is 109 Å². The van der Waals surface area contributed by atoms with E-state index in [-0.39, 0.29) is 10.7 Å². The third-order valence-corrected chi connectivity index (χ3v) is 6.50. The largest absolute Gasteiger partial charge is 0.573 e. The molecule has 8 nitrogen and oxygen atoms in total. The first kappa shape index (κ1) is 29.0. The molecule has 0 fully saturated rings. The molecule has 5 aromatic rings. The summed E-state index contributed by atoms with van der Waals surface area (Å²) >= 11 is 5.45. The van der Waals surface area contributed by atoms with Gasteiger partial charge in [-0.05, 0) is 60.2 Å². The number of thiocarbonyl (C=S) groups is 1. The standard InChI is InChI=1S/C31H21F3N6O2S/c32-31(33,34)42-24-16-14-23(15-17-24)40-19-36-28(39-40)21-10-12-22(13-11-21)37-29(41)26(18-35)30(43)38-27-9-5-4-8-25(27)20-6-2-1-3-7-20/h1-17,19,26H,(H,37,41)(H,38,43). The van der Waals surface area contributed by atoms with Gasteiger partial charge in [-0.2, -0.15) is 5.26 Å². The highest BCUT2D eigenvalue weighted by molar-refractivity contribution is 7.80. The number of ether oxygens (including phenoxy) is 1. The van der Waals surface area contributed by atoms with Crippen molar-refractivity contribution in [3.8, 4) is 40.0 Å². The second-order valence-electron chi connectivity index (χ2n) is 9.08. The monoisotopic (exact) mass is 598 g/mol. The molecule has 12 heteroatoms. The predicted molar refractivity (Wildman–Crippen MR) is 159 cm³/mol. The number of aromatic nitrogens is 3. The number of carbonyl (C=O) groups is 1. The van der Waals surface area contributed by atoms with Gasteiger partial charge in [-0.15, -0.1) is 18.3 Å². The maximum atomic E-state index is 13.0. The Balaban J connectivity index is 1.23. The molecule has 43 heavy (non-hydrogen) atoms. The highest BCUT2D eigenvalue weighted by atomic mass is 32.1. The van der Waals surface area contributed by atoms with Crippen LogP contribution in [0.4, 0.5) is 24.5 Å². The van der Waals surface area contributed by atoms with Crippen LogP contribution in [0.3, 0.4) is 0 Å². The molecular weight excluding hydrogens is 577 g/mol. The van der Waals surface area contributed by atoms with Crippen LogP contribution in [0.25, 0.3) is 28.2 Å². The first-order valence-corrected chi connectivity index (χ1v) is 13.1. The summed E-state index contributed by atoms with van der Waals surface area (Å²) in [6.45, 7) is 0. The van der Waals surface area contributed by atoms with Crippen LogP contribution in [0.1, 0.15) is 0 Å². The van der Waals surface area contributed by atoms with E-state index in [9.17, 15) is 23.2 Å². The van der Waals surface area contributed by atoms with E-state index in [1.165, 1.54) is 35.3 Å². The van der Waals surface area contributed by atoms with Crippen molar-refractivity contribution < 1.29 is 22.7 Å². The fourth-order valence-corrected chi connectivity index (χ4v) is 4.41. The van der Waals surface area contributed by atoms with Gasteiger partial charge >= 0.3 is 6.36 Å². The van der Waals surface area contributed by atoms with Crippen LogP contribution < -0.4 is 15.4 Å². The van der Waals surface area contributed by atoms with Crippen molar-refractivity contribution in [3.05, 3.63) is 109 Å². The number of hydrogen-bond acceptors (Lipinski definition) is 6. The van der Waals surface area contributed by atoms with E-state index in [0.29, 0.717) is 28.5 Å². The van der Waals surface area contributed by atoms with Crippen LogP contribution >= 0.6 is 12.2 Å². The number of para-hydroxylation sites is 1. The van der Waals surface area contributed by atoms with Crippen molar-refractivity contribution in [2.45, 2.75) is 6.36 Å². The summed E-state index contributed by atoms with van der Waals surface area (Å²) in [4.78, 5) is 17.3. The molecule has 0 aliphatic carbocycles. The second kappa shape index (κ2) is 12.5. The van der Waals surface area contributed by atoms with Crippen molar-refractivity contribution >= 4 is 34.5 Å². The van der Waals surface area contributed by atoms with Crippen molar-refractivity contribution in [1.29, 1.82) is 5.26 Å². The predicted octanol–water partition coefficient (Wildman–Crippen LogP) is 7.02. The molecule has 1 unspecified atom stereocenters. The summed E-state index contributed by atoms with van der Waals surface area (Å²) in [6.07, 6.45) is -3.35. The normalized spacial score (nSPS) is 11.7. The fourth-order valence-electron chi connectivity index (χ4n) is 4.14. The number of anilines is 2. The molecule has 4 aromatic carbocycles. The number of nitriles is 1. The van der Waals surface area contributed by atoms with Crippen LogP contribution in [-0.4, -0.2) is 32.0 Å². The third-order valence-electron chi connectivity index (χ3n) is 6.16. The number of nitrogens with zero attached hydrogens (tertiary/aromatic N) is 4. The molecule has 1 heterocycles. The minimum Gasteiger partial charge on any atom is -0.406 e. The molecule has 0 bridgehead atoms. The number of benzene rings is 4. The maximum Gasteiger partial charge on any atom is 0.573 e. The van der Waals surface area contributed by atoms with Gasteiger partial charge in [0.25, 0.3) is 0 Å². The zero-order valence-corrected chi connectivity index (χ0v) is 22.9. The van der Waals surface area contributed by atoms with E-state index in [1.54, 1.807) is 24.3 Å². The van der Waals surface area contributed by atoms with Crippen molar-refractivity contribution in [1.82, 2.24) is 14.8 Å². The second-order valence-corrected chi connectivity index (χ2v) is 9.52. The quantitative estimate of drug-likeness (QED) is 0.185. The Kier molecular flexibility index (Phi) is 8.45.